The highest BCUT2D eigenvalue weighted by atomic mass is 32.2. The van der Waals surface area contributed by atoms with E-state index in [1.165, 1.54) is 10.5 Å². The molecule has 0 saturated carbocycles. The molecule has 4 aromatic carbocycles. The third-order valence-electron chi connectivity index (χ3n) is 7.66. The van der Waals surface area contributed by atoms with Crippen LogP contribution in [0.1, 0.15) is 62.8 Å². The fraction of sp³-hybridized carbons (Fsp3) is 0.368. The molecule has 0 unspecified atom stereocenters. The van der Waals surface area contributed by atoms with E-state index in [-0.39, 0.29) is 11.3 Å². The molecule has 252 valence electrons. The lowest BCUT2D eigenvalue weighted by molar-refractivity contribution is 0.0795. The minimum atomic E-state index is 0. The van der Waals surface area contributed by atoms with Crippen molar-refractivity contribution in [3.8, 4) is 11.5 Å². The smallest absolute Gasteiger partial charge is 0.154 e. The molecule has 0 radical (unpaired) electrons. The Labute approximate surface area is 284 Å². The number of para-hydroxylation sites is 1. The maximum Gasteiger partial charge on any atom is 0.154 e. The fourth-order valence-corrected chi connectivity index (χ4v) is 5.87. The number of nitrogens with two attached hydrogens (primary N) is 1. The van der Waals surface area contributed by atoms with E-state index in [0.717, 1.165) is 64.3 Å². The number of hydrogen-bond acceptors (Lipinski definition) is 7. The van der Waals surface area contributed by atoms with Gasteiger partial charge in [0.1, 0.15) is 17.3 Å². The second kappa shape index (κ2) is 19.2. The Kier molecular flexibility index (Phi) is 15.4. The lowest BCUT2D eigenvalue weighted by atomic mass is 9.95. The van der Waals surface area contributed by atoms with Gasteiger partial charge in [0.2, 0.25) is 0 Å². The van der Waals surface area contributed by atoms with Crippen molar-refractivity contribution in [3.05, 3.63) is 101 Å². The molecule has 5 N–H and O–H groups in total. The van der Waals surface area contributed by atoms with Crippen molar-refractivity contribution in [2.75, 3.05) is 45.3 Å². The number of ether oxygens (including phenoxy) is 3. The van der Waals surface area contributed by atoms with Crippen LogP contribution in [0, 0.1) is 5.41 Å². The van der Waals surface area contributed by atoms with Crippen LogP contribution in [0.4, 0.5) is 0 Å². The molecule has 0 fully saturated rings. The molecule has 47 heavy (non-hydrogen) atoms. The van der Waals surface area contributed by atoms with Gasteiger partial charge in [-0.15, -0.1) is 11.8 Å². The van der Waals surface area contributed by atoms with Crippen LogP contribution in [0.2, 0.25) is 0 Å². The summed E-state index contributed by atoms with van der Waals surface area (Å²) >= 11 is 1.88. The summed E-state index contributed by atoms with van der Waals surface area (Å²) in [5, 5.41) is 10.2. The van der Waals surface area contributed by atoms with Gasteiger partial charge in [-0.3, -0.25) is 10.3 Å². The van der Waals surface area contributed by atoms with Gasteiger partial charge in [0, 0.05) is 59.8 Å². The lowest BCUT2D eigenvalue weighted by Crippen LogP contribution is -2.31. The first kappa shape index (κ1) is 37.7. The first-order valence-electron chi connectivity index (χ1n) is 16.2. The molecule has 0 spiro atoms. The molecule has 9 heteroatoms. The average Bonchev–Trinajstić information content (AvgIpc) is 3.33. The molecule has 0 aromatic heterocycles. The Hall–Kier alpha value is -3.73. The molecule has 4 aromatic rings. The Morgan fingerprint density at radius 3 is 2.13 bits per heavy atom. The number of aliphatic imine (C=N–C) groups is 1. The number of rotatable bonds is 15. The largest absolute Gasteiger partial charge is 0.456 e. The summed E-state index contributed by atoms with van der Waals surface area (Å²) in [6.07, 6.45) is 0. The highest BCUT2D eigenvalue weighted by Gasteiger charge is 2.22. The van der Waals surface area contributed by atoms with Gasteiger partial charge >= 0.3 is 0 Å². The molecule has 0 atom stereocenters. The fourth-order valence-electron chi connectivity index (χ4n) is 5.19. The predicted octanol–water partition coefficient (Wildman–Crippen LogP) is 7.65. The summed E-state index contributed by atoms with van der Waals surface area (Å²) in [5.74, 6) is 3.65. The van der Waals surface area contributed by atoms with E-state index in [9.17, 15) is 0 Å². The highest BCUT2D eigenvalue weighted by molar-refractivity contribution is 7.99. The normalized spacial score (nSPS) is 12.1. The van der Waals surface area contributed by atoms with Crippen molar-refractivity contribution in [3.63, 3.8) is 0 Å². The highest BCUT2D eigenvalue weighted by Crippen LogP contribution is 2.37. The first-order chi connectivity index (χ1) is 22.3. The third kappa shape index (κ3) is 10.6. The Morgan fingerprint density at radius 2 is 1.49 bits per heavy atom. The number of hydrogen-bond donors (Lipinski definition) is 2. The zero-order valence-corrected chi connectivity index (χ0v) is 29.2. The topological polar surface area (TPSA) is 125 Å². The zero-order chi connectivity index (χ0) is 32.9. The van der Waals surface area contributed by atoms with E-state index in [1.807, 2.05) is 62.0 Å². The molecule has 1 aliphatic heterocycles. The Balaban J connectivity index is 0.000000519. The van der Waals surface area contributed by atoms with Gasteiger partial charge in [-0.2, -0.15) is 0 Å². The number of nitrogens with one attached hydrogen (secondary N) is 1. The minimum Gasteiger partial charge on any atom is -0.456 e. The number of amidine groups is 2. The summed E-state index contributed by atoms with van der Waals surface area (Å²) in [6.45, 7) is 15.7. The number of fused-ring (bicyclic) bond motifs is 2. The van der Waals surface area contributed by atoms with Crippen LogP contribution in [0.25, 0.3) is 10.8 Å². The van der Waals surface area contributed by atoms with Gasteiger partial charge in [-0.1, -0.05) is 63.2 Å². The molecular weight excluding hydrogens is 609 g/mol. The van der Waals surface area contributed by atoms with E-state index in [2.05, 4.69) is 73.1 Å². The van der Waals surface area contributed by atoms with E-state index in [0.29, 0.717) is 38.2 Å². The van der Waals surface area contributed by atoms with E-state index >= 15 is 0 Å². The van der Waals surface area contributed by atoms with Crippen LogP contribution < -0.4 is 10.5 Å². The summed E-state index contributed by atoms with van der Waals surface area (Å²) in [7, 11) is 0. The summed E-state index contributed by atoms with van der Waals surface area (Å²) < 4.78 is 17.9. The van der Waals surface area contributed by atoms with Crippen molar-refractivity contribution in [1.29, 1.82) is 5.41 Å². The number of nitrogens with zero attached hydrogens (tertiary/aromatic N) is 2. The first-order valence-corrected chi connectivity index (χ1v) is 17.2. The third-order valence-corrected chi connectivity index (χ3v) is 8.55. The SMILES string of the molecule is CCOCCN(CCOCC)Cc1ccccc1Oc1cc(C(C)C)cc2cc3c(cc12)C(N)=NC3=N.CCSc1ccccc1.O. The zero-order valence-electron chi connectivity index (χ0n) is 28.3. The van der Waals surface area contributed by atoms with Crippen LogP contribution in [0.3, 0.4) is 0 Å². The van der Waals surface area contributed by atoms with Crippen LogP contribution >= 0.6 is 11.8 Å². The van der Waals surface area contributed by atoms with Gasteiger partial charge in [0.25, 0.3) is 0 Å². The van der Waals surface area contributed by atoms with Gasteiger partial charge in [-0.05, 0) is 72.9 Å². The maximum atomic E-state index is 8.20. The lowest BCUT2D eigenvalue weighted by Gasteiger charge is -2.24. The van der Waals surface area contributed by atoms with Crippen molar-refractivity contribution < 1.29 is 19.7 Å². The van der Waals surface area contributed by atoms with Gasteiger partial charge in [-0.25, -0.2) is 4.99 Å². The van der Waals surface area contributed by atoms with Gasteiger partial charge in [0.05, 0.1) is 13.2 Å². The molecule has 0 aliphatic carbocycles. The van der Waals surface area contributed by atoms with Crippen molar-refractivity contribution in [2.24, 2.45) is 10.7 Å². The van der Waals surface area contributed by atoms with E-state index < -0.39 is 0 Å². The molecule has 1 aliphatic rings. The standard InChI is InChI=1S/C30H38N4O3.C8H10S.H2O/c1-5-35-13-11-34(12-14-36-6-2)19-21-9-7-8-10-27(21)37-28-17-22(20(3)4)15-23-16-25-26(18-24(23)28)30(32)33-29(25)31;1-2-9-8-6-4-3-5-7-8;/h7-10,15-18,20H,5-6,11-14,19H2,1-4H3,(H3,31,32,33);3-7H,2H2,1H3;1H2. The molecule has 0 amide bonds. The van der Waals surface area contributed by atoms with E-state index in [4.69, 9.17) is 25.4 Å². The number of benzene rings is 4. The molecule has 0 bridgehead atoms. The summed E-state index contributed by atoms with van der Waals surface area (Å²) in [6, 6.07) is 26.9. The molecule has 1 heterocycles. The second-order valence-electron chi connectivity index (χ2n) is 11.3. The quantitative estimate of drug-likeness (QED) is 0.0999. The predicted molar refractivity (Wildman–Crippen MR) is 197 cm³/mol. The molecule has 5 rings (SSSR count). The van der Waals surface area contributed by atoms with Crippen LogP contribution in [0.15, 0.2) is 88.8 Å². The van der Waals surface area contributed by atoms with E-state index in [1.54, 1.807) is 0 Å². The van der Waals surface area contributed by atoms with Gasteiger partial charge < -0.3 is 25.4 Å². The van der Waals surface area contributed by atoms with Crippen molar-refractivity contribution >= 4 is 34.2 Å². The summed E-state index contributed by atoms with van der Waals surface area (Å²) in [4.78, 5) is 7.87. The molecule has 8 nitrogen and oxygen atoms in total. The Bertz CT molecular complexity index is 1600. The molecular formula is C38H50N4O4S. The Morgan fingerprint density at radius 1 is 0.830 bits per heavy atom. The monoisotopic (exact) mass is 658 g/mol. The van der Waals surface area contributed by atoms with Crippen LogP contribution in [-0.4, -0.2) is 67.3 Å². The van der Waals surface area contributed by atoms with Crippen molar-refractivity contribution in [2.45, 2.75) is 52.0 Å². The van der Waals surface area contributed by atoms with Crippen molar-refractivity contribution in [1.82, 2.24) is 4.90 Å². The van der Waals surface area contributed by atoms with Crippen LogP contribution in [0.5, 0.6) is 11.5 Å². The maximum absolute atomic E-state index is 8.20. The molecule has 0 saturated heterocycles. The average molecular weight is 659 g/mol. The summed E-state index contributed by atoms with van der Waals surface area (Å²) in [5.41, 5.74) is 9.95. The van der Waals surface area contributed by atoms with Gasteiger partial charge in [0.15, 0.2) is 5.84 Å². The number of thioether (sulfide) groups is 1. The second-order valence-corrected chi connectivity index (χ2v) is 12.6. The minimum absolute atomic E-state index is 0. The van der Waals surface area contributed by atoms with Crippen LogP contribution in [-0.2, 0) is 16.0 Å².